The first-order chi connectivity index (χ1) is 9.05. The third-order valence-electron chi connectivity index (χ3n) is 2.32. The SMILES string of the molecule is COCCS(=O)(=O)NCCNC(=O)c1ccccc1. The molecule has 0 saturated carbocycles. The number of rotatable bonds is 8. The first-order valence-electron chi connectivity index (χ1n) is 5.84. The lowest BCUT2D eigenvalue weighted by atomic mass is 10.2. The summed E-state index contributed by atoms with van der Waals surface area (Å²) >= 11 is 0. The van der Waals surface area contributed by atoms with Crippen LogP contribution < -0.4 is 10.0 Å². The predicted molar refractivity (Wildman–Crippen MR) is 72.4 cm³/mol. The molecule has 0 heterocycles. The third-order valence-corrected chi connectivity index (χ3v) is 3.67. The van der Waals surface area contributed by atoms with E-state index < -0.39 is 10.0 Å². The molecule has 1 rings (SSSR count). The van der Waals surface area contributed by atoms with Crippen LogP contribution >= 0.6 is 0 Å². The largest absolute Gasteiger partial charge is 0.384 e. The molecule has 0 aromatic heterocycles. The van der Waals surface area contributed by atoms with Crippen molar-refractivity contribution in [1.29, 1.82) is 0 Å². The molecule has 0 unspecified atom stereocenters. The summed E-state index contributed by atoms with van der Waals surface area (Å²) in [6.45, 7) is 0.538. The van der Waals surface area contributed by atoms with Crippen molar-refractivity contribution in [3.8, 4) is 0 Å². The summed E-state index contributed by atoms with van der Waals surface area (Å²) in [6.07, 6.45) is 0. The van der Waals surface area contributed by atoms with E-state index in [-0.39, 0.29) is 31.4 Å². The van der Waals surface area contributed by atoms with Gasteiger partial charge in [-0.3, -0.25) is 4.79 Å². The van der Waals surface area contributed by atoms with Gasteiger partial charge in [-0.25, -0.2) is 13.1 Å². The topological polar surface area (TPSA) is 84.5 Å². The molecule has 0 fully saturated rings. The minimum Gasteiger partial charge on any atom is -0.384 e. The zero-order valence-electron chi connectivity index (χ0n) is 10.8. The maximum atomic E-state index is 11.6. The normalized spacial score (nSPS) is 11.2. The Morgan fingerprint density at radius 2 is 1.89 bits per heavy atom. The zero-order valence-corrected chi connectivity index (χ0v) is 11.6. The molecular formula is C12H18N2O4S. The van der Waals surface area contributed by atoms with Crippen LogP contribution in [-0.4, -0.2) is 46.9 Å². The Bertz CT molecular complexity index is 488. The fourth-order valence-electron chi connectivity index (χ4n) is 1.34. The lowest BCUT2D eigenvalue weighted by Crippen LogP contribution is -2.36. The van der Waals surface area contributed by atoms with Crippen LogP contribution in [0, 0.1) is 0 Å². The molecule has 0 bridgehead atoms. The van der Waals surface area contributed by atoms with E-state index in [0.29, 0.717) is 5.56 Å². The fraction of sp³-hybridized carbons (Fsp3) is 0.417. The smallest absolute Gasteiger partial charge is 0.251 e. The monoisotopic (exact) mass is 286 g/mol. The third kappa shape index (κ3) is 6.32. The zero-order chi connectivity index (χ0) is 14.1. The van der Waals surface area contributed by atoms with Crippen LogP contribution in [0.2, 0.25) is 0 Å². The Hall–Kier alpha value is -1.44. The van der Waals surface area contributed by atoms with Gasteiger partial charge in [-0.2, -0.15) is 0 Å². The molecule has 1 amide bonds. The Morgan fingerprint density at radius 1 is 1.21 bits per heavy atom. The highest BCUT2D eigenvalue weighted by Gasteiger charge is 2.09. The quantitative estimate of drug-likeness (QED) is 0.658. The molecule has 0 spiro atoms. The van der Waals surface area contributed by atoms with Gasteiger partial charge in [-0.1, -0.05) is 18.2 Å². The van der Waals surface area contributed by atoms with Crippen molar-refractivity contribution in [2.24, 2.45) is 0 Å². The van der Waals surface area contributed by atoms with Crippen LogP contribution in [0.15, 0.2) is 30.3 Å². The number of carbonyl (C=O) groups is 1. The number of benzene rings is 1. The maximum absolute atomic E-state index is 11.6. The average molecular weight is 286 g/mol. The van der Waals surface area contributed by atoms with Crippen LogP contribution in [0.4, 0.5) is 0 Å². The minimum atomic E-state index is -3.33. The lowest BCUT2D eigenvalue weighted by Gasteiger charge is -2.07. The van der Waals surface area contributed by atoms with Crippen LogP contribution in [0.3, 0.4) is 0 Å². The molecule has 0 aliphatic heterocycles. The Balaban J connectivity index is 2.26. The van der Waals surface area contributed by atoms with Gasteiger partial charge in [-0.15, -0.1) is 0 Å². The Morgan fingerprint density at radius 3 is 2.53 bits per heavy atom. The molecule has 0 aliphatic carbocycles. The highest BCUT2D eigenvalue weighted by molar-refractivity contribution is 7.89. The molecule has 0 atom stereocenters. The summed E-state index contributed by atoms with van der Waals surface area (Å²) in [5, 5.41) is 2.63. The lowest BCUT2D eigenvalue weighted by molar-refractivity contribution is 0.0954. The number of ether oxygens (including phenoxy) is 1. The van der Waals surface area contributed by atoms with Crippen molar-refractivity contribution >= 4 is 15.9 Å². The van der Waals surface area contributed by atoms with Gasteiger partial charge in [0.25, 0.3) is 5.91 Å². The molecule has 1 aromatic rings. The highest BCUT2D eigenvalue weighted by Crippen LogP contribution is 1.97. The van der Waals surface area contributed by atoms with E-state index in [0.717, 1.165) is 0 Å². The average Bonchev–Trinajstić information content (AvgIpc) is 2.42. The van der Waals surface area contributed by atoms with Gasteiger partial charge in [0.05, 0.1) is 12.4 Å². The van der Waals surface area contributed by atoms with Crippen molar-refractivity contribution in [1.82, 2.24) is 10.0 Å². The second-order valence-corrected chi connectivity index (χ2v) is 5.75. The van der Waals surface area contributed by atoms with Crippen LogP contribution in [0.25, 0.3) is 0 Å². The summed E-state index contributed by atoms with van der Waals surface area (Å²) in [7, 11) is -1.89. The summed E-state index contributed by atoms with van der Waals surface area (Å²) < 4.78 is 29.9. The van der Waals surface area contributed by atoms with Crippen LogP contribution in [-0.2, 0) is 14.8 Å². The summed E-state index contributed by atoms with van der Waals surface area (Å²) in [6, 6.07) is 8.74. The molecule has 0 saturated heterocycles. The Kier molecular flexibility index (Phi) is 6.48. The summed E-state index contributed by atoms with van der Waals surface area (Å²) in [5.74, 6) is -0.312. The van der Waals surface area contributed by atoms with Gasteiger partial charge >= 0.3 is 0 Å². The number of hydrogen-bond donors (Lipinski definition) is 2. The molecular weight excluding hydrogens is 268 g/mol. The van der Waals surface area contributed by atoms with E-state index in [1.165, 1.54) is 7.11 Å². The van der Waals surface area contributed by atoms with E-state index in [1.807, 2.05) is 6.07 Å². The van der Waals surface area contributed by atoms with E-state index in [1.54, 1.807) is 24.3 Å². The number of carbonyl (C=O) groups excluding carboxylic acids is 1. The first kappa shape index (κ1) is 15.6. The van der Waals surface area contributed by atoms with Crippen molar-refractivity contribution in [2.75, 3.05) is 32.6 Å². The van der Waals surface area contributed by atoms with Gasteiger partial charge in [0.2, 0.25) is 10.0 Å². The first-order valence-corrected chi connectivity index (χ1v) is 7.50. The number of methoxy groups -OCH3 is 1. The van der Waals surface area contributed by atoms with Crippen LogP contribution in [0.5, 0.6) is 0 Å². The van der Waals surface area contributed by atoms with Crippen molar-refractivity contribution in [2.45, 2.75) is 0 Å². The van der Waals surface area contributed by atoms with Crippen molar-refractivity contribution in [3.63, 3.8) is 0 Å². The minimum absolute atomic E-state index is 0.0872. The second-order valence-electron chi connectivity index (χ2n) is 3.83. The van der Waals surface area contributed by atoms with Gasteiger partial charge in [0.1, 0.15) is 0 Å². The van der Waals surface area contributed by atoms with Crippen molar-refractivity contribution < 1.29 is 17.9 Å². The molecule has 0 radical (unpaired) electrons. The molecule has 19 heavy (non-hydrogen) atoms. The summed E-state index contributed by atoms with van der Waals surface area (Å²) in [5.41, 5.74) is 0.546. The number of nitrogens with one attached hydrogen (secondary N) is 2. The predicted octanol–water partition coefficient (Wildman–Crippen LogP) is -0.0178. The van der Waals surface area contributed by atoms with E-state index in [2.05, 4.69) is 10.0 Å². The number of sulfonamides is 1. The second kappa shape index (κ2) is 7.88. The van der Waals surface area contributed by atoms with E-state index in [4.69, 9.17) is 4.74 Å². The fourth-order valence-corrected chi connectivity index (χ4v) is 2.28. The van der Waals surface area contributed by atoms with Gasteiger partial charge in [0.15, 0.2) is 0 Å². The molecule has 7 heteroatoms. The van der Waals surface area contributed by atoms with Gasteiger partial charge in [-0.05, 0) is 12.1 Å². The molecule has 0 aliphatic rings. The number of hydrogen-bond acceptors (Lipinski definition) is 4. The van der Waals surface area contributed by atoms with E-state index in [9.17, 15) is 13.2 Å². The summed E-state index contributed by atoms with van der Waals surface area (Å²) in [4.78, 5) is 11.6. The molecule has 2 N–H and O–H groups in total. The maximum Gasteiger partial charge on any atom is 0.251 e. The van der Waals surface area contributed by atoms with Gasteiger partial charge < -0.3 is 10.1 Å². The number of amides is 1. The van der Waals surface area contributed by atoms with E-state index >= 15 is 0 Å². The molecule has 1 aromatic carbocycles. The van der Waals surface area contributed by atoms with Gasteiger partial charge in [0, 0.05) is 25.8 Å². The highest BCUT2D eigenvalue weighted by atomic mass is 32.2. The molecule has 106 valence electrons. The van der Waals surface area contributed by atoms with Crippen LogP contribution in [0.1, 0.15) is 10.4 Å². The Labute approximate surface area is 113 Å². The van der Waals surface area contributed by atoms with Crippen molar-refractivity contribution in [3.05, 3.63) is 35.9 Å². The standard InChI is InChI=1S/C12H18N2O4S/c1-18-9-10-19(16,17)14-8-7-13-12(15)11-5-3-2-4-6-11/h2-6,14H,7-10H2,1H3,(H,13,15). The molecule has 6 nitrogen and oxygen atoms in total.